The van der Waals surface area contributed by atoms with Crippen molar-refractivity contribution in [2.45, 2.75) is 95.2 Å². The number of benzene rings is 2. The summed E-state index contributed by atoms with van der Waals surface area (Å²) in [6.07, 6.45) is 8.87. The maximum atomic E-state index is 13.4. The highest BCUT2D eigenvalue weighted by molar-refractivity contribution is 8.00. The zero-order chi connectivity index (χ0) is 38.9. The predicted octanol–water partition coefficient (Wildman–Crippen LogP) is 8.50. The van der Waals surface area contributed by atoms with Crippen LogP contribution in [-0.2, 0) is 9.57 Å². The summed E-state index contributed by atoms with van der Waals surface area (Å²) in [6, 6.07) is 10.7. The first-order valence-corrected chi connectivity index (χ1v) is 20.2. The number of hydrogen-bond acceptors (Lipinski definition) is 11. The van der Waals surface area contributed by atoms with Crippen molar-refractivity contribution in [3.63, 3.8) is 0 Å². The minimum atomic E-state index is -1.05. The van der Waals surface area contributed by atoms with Crippen LogP contribution in [0.4, 0.5) is 10.5 Å². The zero-order valence-electron chi connectivity index (χ0n) is 32.6. The third-order valence-corrected chi connectivity index (χ3v) is 11.5. The molecule has 0 radical (unpaired) electrons. The first-order chi connectivity index (χ1) is 26.0. The number of hydrogen-bond donors (Lipinski definition) is 3. The SMILES string of the molecule is C=CCO[C@@]12Oc3ccc(OC(=O)Nc4ccc(OC)cc4OC)cc3[C@H]3[C@H](CCCCO)[C@@H](CCCCO)C=C(C(=NOC(C)(C)C)C[C@@H]1SCC)[C@H]32. The number of oxime groups is 1. The van der Waals surface area contributed by atoms with Crippen LogP contribution in [0.3, 0.4) is 0 Å². The van der Waals surface area contributed by atoms with Gasteiger partial charge in [0.1, 0.15) is 28.6 Å². The summed E-state index contributed by atoms with van der Waals surface area (Å²) < 4.78 is 30.8. The standard InChI is InChI=1S/C42H58N2O9S/c1-8-22-50-42-37(54-9-2)26-34(44-53-41(3,4)5)31-23-27(14-10-12-20-45)30(15-11-13-21-46)38(39(31)42)32-24-29(17-19-35(32)52-42)51-40(47)43-33-18-16-28(48-6)25-36(33)49-7/h8,16-19,23-25,27,30,37-39,45-46H,1,9-15,20-22,26H2,2-7H3,(H,43,47)/t27-,30+,37-,38+,39+,42+/m0/s1. The second-order valence-corrected chi connectivity index (χ2v) is 16.5. The number of carbonyl (C=O) groups is 1. The van der Waals surface area contributed by atoms with Crippen LogP contribution < -0.4 is 24.3 Å². The van der Waals surface area contributed by atoms with E-state index in [0.29, 0.717) is 54.6 Å². The monoisotopic (exact) mass is 766 g/mol. The number of carbonyl (C=O) groups excluding carboxylic acids is 1. The van der Waals surface area contributed by atoms with Crippen LogP contribution in [0.2, 0.25) is 0 Å². The lowest BCUT2D eigenvalue weighted by Gasteiger charge is -2.58. The van der Waals surface area contributed by atoms with Gasteiger partial charge in [0.15, 0.2) is 0 Å². The van der Waals surface area contributed by atoms with Crippen molar-refractivity contribution in [1.82, 2.24) is 0 Å². The molecule has 0 spiro atoms. The molecule has 2 aromatic carbocycles. The van der Waals surface area contributed by atoms with Crippen LogP contribution in [-0.4, -0.2) is 78.4 Å². The fraction of sp³-hybridized carbons (Fsp3) is 0.571. The molecule has 0 unspecified atom stereocenters. The number of aliphatic hydroxyl groups is 2. The minimum Gasteiger partial charge on any atom is -0.497 e. The van der Waals surface area contributed by atoms with Gasteiger partial charge in [-0.3, -0.25) is 5.32 Å². The molecule has 54 heavy (non-hydrogen) atoms. The van der Waals surface area contributed by atoms with Crippen molar-refractivity contribution in [3.05, 3.63) is 66.3 Å². The van der Waals surface area contributed by atoms with Gasteiger partial charge >= 0.3 is 6.09 Å². The number of nitrogens with zero attached hydrogens (tertiary/aromatic N) is 1. The molecule has 1 fully saturated rings. The summed E-state index contributed by atoms with van der Waals surface area (Å²) in [5.74, 6) is 1.74. The molecule has 6 atom stereocenters. The molecule has 296 valence electrons. The summed E-state index contributed by atoms with van der Waals surface area (Å²) in [6.45, 7) is 12.6. The number of nitrogens with one attached hydrogen (secondary N) is 1. The van der Waals surface area contributed by atoms with Gasteiger partial charge in [0.05, 0.1) is 43.4 Å². The van der Waals surface area contributed by atoms with E-state index >= 15 is 0 Å². The molecule has 0 saturated heterocycles. The Morgan fingerprint density at radius 1 is 1.06 bits per heavy atom. The number of unbranched alkanes of at least 4 members (excludes halogenated alkanes) is 2. The van der Waals surface area contributed by atoms with E-state index < -0.39 is 17.5 Å². The lowest BCUT2D eigenvalue weighted by Crippen LogP contribution is -2.64. The Labute approximate surface area is 324 Å². The highest BCUT2D eigenvalue weighted by Gasteiger charge is 2.64. The lowest BCUT2D eigenvalue weighted by atomic mass is 9.56. The van der Waals surface area contributed by atoms with Crippen molar-refractivity contribution in [2.75, 3.05) is 45.1 Å². The number of aliphatic hydroxyl groups excluding tert-OH is 2. The normalized spacial score (nSPS) is 25.1. The molecule has 5 rings (SSSR count). The van der Waals surface area contributed by atoms with E-state index in [4.69, 9.17) is 33.7 Å². The number of methoxy groups -OCH3 is 2. The first kappa shape index (κ1) is 41.5. The summed E-state index contributed by atoms with van der Waals surface area (Å²) in [4.78, 5) is 19.5. The van der Waals surface area contributed by atoms with Gasteiger partial charge in [0.2, 0.25) is 5.79 Å². The number of thioether (sulfide) groups is 1. The molecular weight excluding hydrogens is 709 g/mol. The summed E-state index contributed by atoms with van der Waals surface area (Å²) >= 11 is 1.79. The highest BCUT2D eigenvalue weighted by atomic mass is 32.2. The van der Waals surface area contributed by atoms with Gasteiger partial charge in [-0.15, -0.1) is 6.58 Å². The van der Waals surface area contributed by atoms with Crippen molar-refractivity contribution in [1.29, 1.82) is 0 Å². The molecule has 2 aromatic rings. The summed E-state index contributed by atoms with van der Waals surface area (Å²) in [5, 5.41) is 27.1. The second-order valence-electron chi connectivity index (χ2n) is 15.0. The molecule has 11 nitrogen and oxygen atoms in total. The van der Waals surface area contributed by atoms with Gasteiger partial charge in [-0.25, -0.2) is 4.79 Å². The number of anilines is 1. The summed E-state index contributed by atoms with van der Waals surface area (Å²) in [5.41, 5.74) is 2.81. The average molecular weight is 767 g/mol. The van der Waals surface area contributed by atoms with Crippen LogP contribution in [0.1, 0.15) is 84.1 Å². The number of amides is 1. The van der Waals surface area contributed by atoms with Gasteiger partial charge in [-0.1, -0.05) is 37.1 Å². The molecule has 1 aliphatic heterocycles. The molecule has 3 aliphatic rings. The molecular formula is C42H58N2O9S. The van der Waals surface area contributed by atoms with Gasteiger partial charge in [-0.05, 0) is 99.9 Å². The molecule has 3 N–H and O–H groups in total. The molecule has 0 bridgehead atoms. The lowest BCUT2D eigenvalue weighted by molar-refractivity contribution is -0.223. The zero-order valence-corrected chi connectivity index (χ0v) is 33.4. The van der Waals surface area contributed by atoms with Crippen molar-refractivity contribution in [2.24, 2.45) is 22.9 Å². The van der Waals surface area contributed by atoms with Gasteiger partial charge in [-0.2, -0.15) is 11.8 Å². The Hall–Kier alpha value is -3.71. The van der Waals surface area contributed by atoms with E-state index in [-0.39, 0.29) is 42.1 Å². The Balaban J connectivity index is 1.64. The molecule has 0 aromatic heterocycles. The van der Waals surface area contributed by atoms with E-state index in [0.717, 1.165) is 48.3 Å². The number of fused-ring (bicyclic) bond motifs is 2. The Kier molecular flexibility index (Phi) is 14.4. The Morgan fingerprint density at radius 3 is 2.46 bits per heavy atom. The molecule has 12 heteroatoms. The number of ether oxygens (including phenoxy) is 5. The average Bonchev–Trinajstić information content (AvgIpc) is 3.15. The third kappa shape index (κ3) is 9.38. The molecule has 1 amide bonds. The highest BCUT2D eigenvalue weighted by Crippen LogP contribution is 2.62. The topological polar surface area (TPSA) is 137 Å². The Bertz CT molecular complexity index is 1660. The maximum Gasteiger partial charge on any atom is 0.417 e. The summed E-state index contributed by atoms with van der Waals surface area (Å²) in [7, 11) is 3.09. The van der Waals surface area contributed by atoms with Crippen LogP contribution in [0.25, 0.3) is 0 Å². The van der Waals surface area contributed by atoms with Crippen molar-refractivity contribution >= 4 is 29.3 Å². The number of allylic oxidation sites excluding steroid dienone is 1. The third-order valence-electron chi connectivity index (χ3n) is 10.3. The Morgan fingerprint density at radius 2 is 1.80 bits per heavy atom. The van der Waals surface area contributed by atoms with Gasteiger partial charge in [0.25, 0.3) is 0 Å². The largest absolute Gasteiger partial charge is 0.497 e. The smallest absolute Gasteiger partial charge is 0.417 e. The predicted molar refractivity (Wildman–Crippen MR) is 213 cm³/mol. The van der Waals surface area contributed by atoms with E-state index in [1.54, 1.807) is 49.2 Å². The molecule has 1 heterocycles. The fourth-order valence-corrected chi connectivity index (χ4v) is 9.25. The van der Waals surface area contributed by atoms with Crippen LogP contribution in [0.15, 0.2) is 65.9 Å². The van der Waals surface area contributed by atoms with E-state index in [2.05, 4.69) is 24.9 Å². The first-order valence-electron chi connectivity index (χ1n) is 19.1. The minimum absolute atomic E-state index is 0.116. The van der Waals surface area contributed by atoms with Gasteiger partial charge in [0, 0.05) is 37.2 Å². The number of rotatable bonds is 18. The van der Waals surface area contributed by atoms with Crippen molar-refractivity contribution in [3.8, 4) is 23.0 Å². The maximum absolute atomic E-state index is 13.4. The fourth-order valence-electron chi connectivity index (χ4n) is 8.08. The quantitative estimate of drug-likeness (QED) is 0.0770. The van der Waals surface area contributed by atoms with Crippen molar-refractivity contribution < 1.29 is 43.5 Å². The molecule has 2 aliphatic carbocycles. The second kappa shape index (κ2) is 18.8. The van der Waals surface area contributed by atoms with E-state index in [1.165, 1.54) is 7.11 Å². The van der Waals surface area contributed by atoms with E-state index in [1.807, 2.05) is 32.9 Å². The van der Waals surface area contributed by atoms with Gasteiger partial charge < -0.3 is 38.7 Å². The van der Waals surface area contributed by atoms with Crippen LogP contribution in [0.5, 0.6) is 23.0 Å². The van der Waals surface area contributed by atoms with Crippen LogP contribution >= 0.6 is 11.8 Å². The molecule has 1 saturated carbocycles. The van der Waals surface area contributed by atoms with Crippen LogP contribution in [0, 0.1) is 17.8 Å². The van der Waals surface area contributed by atoms with E-state index in [9.17, 15) is 15.0 Å².